The van der Waals surface area contributed by atoms with Crippen molar-refractivity contribution in [1.82, 2.24) is 40.3 Å². The van der Waals surface area contributed by atoms with Crippen molar-refractivity contribution in [1.29, 1.82) is 0 Å². The summed E-state index contributed by atoms with van der Waals surface area (Å²) in [6, 6.07) is 9.61. The number of nitrogens with zero attached hydrogens (tertiary/aromatic N) is 8. The van der Waals surface area contributed by atoms with Gasteiger partial charge in [-0.1, -0.05) is 17.7 Å². The van der Waals surface area contributed by atoms with Crippen LogP contribution in [0.1, 0.15) is 41.5 Å². The summed E-state index contributed by atoms with van der Waals surface area (Å²) in [7, 11) is 0. The maximum absolute atomic E-state index is 10.8. The van der Waals surface area contributed by atoms with E-state index in [4.69, 9.17) is 21.3 Å². The number of aryl methyl sites for hydroxylation is 1. The molecule has 0 amide bonds. The van der Waals surface area contributed by atoms with Crippen molar-refractivity contribution in [3.05, 3.63) is 76.5 Å². The quantitative estimate of drug-likeness (QED) is 0.337. The van der Waals surface area contributed by atoms with E-state index in [1.54, 1.807) is 21.6 Å². The first-order valence-corrected chi connectivity index (χ1v) is 12.7. The third-order valence-corrected chi connectivity index (χ3v) is 7.31. The SMILES string of the molecule is Cc1nc(N2CC3(CCCO3)C2)ccc1Cn1cc(C(O)NCc2cc(Cl)ccc2-n2cnnn2)cn1. The maximum Gasteiger partial charge on any atom is 0.143 e. The van der Waals surface area contributed by atoms with Gasteiger partial charge in [0.2, 0.25) is 0 Å². The molecule has 4 aromatic rings. The summed E-state index contributed by atoms with van der Waals surface area (Å²) < 4.78 is 9.30. The van der Waals surface area contributed by atoms with Crippen LogP contribution in [-0.4, -0.2) is 65.4 Å². The summed E-state index contributed by atoms with van der Waals surface area (Å²) >= 11 is 6.19. The predicted molar refractivity (Wildman–Crippen MR) is 136 cm³/mol. The zero-order valence-corrected chi connectivity index (χ0v) is 21.2. The van der Waals surface area contributed by atoms with Crippen LogP contribution in [0.4, 0.5) is 5.82 Å². The zero-order chi connectivity index (χ0) is 25.4. The fourth-order valence-electron chi connectivity index (χ4n) is 5.03. The fraction of sp³-hybridized carbons (Fsp3) is 0.400. The van der Waals surface area contributed by atoms with E-state index < -0.39 is 6.23 Å². The molecule has 6 rings (SSSR count). The van der Waals surface area contributed by atoms with E-state index in [2.05, 4.69) is 43.0 Å². The molecule has 0 bridgehead atoms. The van der Waals surface area contributed by atoms with Gasteiger partial charge in [-0.25, -0.2) is 9.67 Å². The Morgan fingerprint density at radius 2 is 2.11 bits per heavy atom. The smallest absolute Gasteiger partial charge is 0.143 e. The molecule has 2 fully saturated rings. The highest BCUT2D eigenvalue weighted by atomic mass is 35.5. The molecule has 2 saturated heterocycles. The van der Waals surface area contributed by atoms with Crippen molar-refractivity contribution in [3.63, 3.8) is 0 Å². The maximum atomic E-state index is 10.8. The second-order valence-corrected chi connectivity index (χ2v) is 10.1. The van der Waals surface area contributed by atoms with Crippen LogP contribution in [0.15, 0.2) is 49.1 Å². The topological polar surface area (TPSA) is 119 Å². The van der Waals surface area contributed by atoms with Crippen molar-refractivity contribution in [2.24, 2.45) is 0 Å². The van der Waals surface area contributed by atoms with E-state index in [9.17, 15) is 5.11 Å². The highest BCUT2D eigenvalue weighted by Gasteiger charge is 2.46. The first-order chi connectivity index (χ1) is 18.0. The summed E-state index contributed by atoms with van der Waals surface area (Å²) in [5.74, 6) is 0.991. The van der Waals surface area contributed by atoms with Gasteiger partial charge >= 0.3 is 0 Å². The summed E-state index contributed by atoms with van der Waals surface area (Å²) in [6.45, 7) is 5.65. The second-order valence-electron chi connectivity index (χ2n) is 9.69. The predicted octanol–water partition coefficient (Wildman–Crippen LogP) is 2.41. The van der Waals surface area contributed by atoms with Gasteiger partial charge in [0.05, 0.1) is 31.5 Å². The Labute approximate surface area is 219 Å². The number of aliphatic hydroxyl groups excluding tert-OH is 1. The molecule has 12 heteroatoms. The fourth-order valence-corrected chi connectivity index (χ4v) is 5.23. The van der Waals surface area contributed by atoms with Crippen molar-refractivity contribution in [2.45, 2.75) is 44.7 Å². The molecule has 2 N–H and O–H groups in total. The van der Waals surface area contributed by atoms with Gasteiger partial charge in [-0.2, -0.15) is 5.10 Å². The third-order valence-electron chi connectivity index (χ3n) is 7.07. The molecule has 1 aromatic carbocycles. The van der Waals surface area contributed by atoms with Crippen LogP contribution in [0.5, 0.6) is 0 Å². The van der Waals surface area contributed by atoms with E-state index in [0.29, 0.717) is 23.7 Å². The Hall–Kier alpha value is -3.38. The summed E-state index contributed by atoms with van der Waals surface area (Å²) in [5, 5.41) is 30.2. The Morgan fingerprint density at radius 1 is 1.22 bits per heavy atom. The Kier molecular flexibility index (Phi) is 6.37. The van der Waals surface area contributed by atoms with Crippen LogP contribution in [0.25, 0.3) is 5.69 Å². The van der Waals surface area contributed by atoms with Gasteiger partial charge in [-0.3, -0.25) is 10.00 Å². The number of ether oxygens (including phenoxy) is 1. The lowest BCUT2D eigenvalue weighted by molar-refractivity contribution is -0.0184. The molecular formula is C25H28ClN9O2. The number of aromatic nitrogens is 7. The van der Waals surface area contributed by atoms with E-state index >= 15 is 0 Å². The van der Waals surface area contributed by atoms with Gasteiger partial charge in [-0.15, -0.1) is 5.10 Å². The number of benzene rings is 1. The van der Waals surface area contributed by atoms with Crippen LogP contribution in [-0.2, 0) is 17.8 Å². The highest BCUT2D eigenvalue weighted by molar-refractivity contribution is 6.30. The molecule has 0 radical (unpaired) electrons. The number of aliphatic hydroxyl groups is 1. The lowest BCUT2D eigenvalue weighted by Crippen LogP contribution is -2.61. The minimum atomic E-state index is -0.910. The molecule has 192 valence electrons. The summed E-state index contributed by atoms with van der Waals surface area (Å²) in [5.41, 5.74) is 4.39. The molecule has 5 heterocycles. The van der Waals surface area contributed by atoms with Gasteiger partial charge in [-0.05, 0) is 65.6 Å². The molecule has 11 nitrogen and oxygen atoms in total. The van der Waals surface area contributed by atoms with Crippen molar-refractivity contribution in [3.8, 4) is 5.69 Å². The largest absolute Gasteiger partial charge is 0.374 e. The first-order valence-electron chi connectivity index (χ1n) is 12.3. The van der Waals surface area contributed by atoms with Gasteiger partial charge < -0.3 is 14.7 Å². The summed E-state index contributed by atoms with van der Waals surface area (Å²) in [6.07, 6.45) is 6.39. The summed E-state index contributed by atoms with van der Waals surface area (Å²) in [4.78, 5) is 7.11. The number of hydrogen-bond donors (Lipinski definition) is 2. The Bertz CT molecular complexity index is 1380. The van der Waals surface area contributed by atoms with Crippen molar-refractivity contribution in [2.75, 3.05) is 24.6 Å². The molecule has 0 aliphatic carbocycles. The number of hydrogen-bond acceptors (Lipinski definition) is 9. The van der Waals surface area contributed by atoms with Crippen molar-refractivity contribution >= 4 is 17.4 Å². The third kappa shape index (κ3) is 4.95. The number of nitrogens with one attached hydrogen (secondary N) is 1. The lowest BCUT2D eigenvalue weighted by atomic mass is 9.91. The number of rotatable bonds is 8. The van der Waals surface area contributed by atoms with E-state index in [1.807, 2.05) is 25.3 Å². The Balaban J connectivity index is 1.08. The van der Waals surface area contributed by atoms with Crippen molar-refractivity contribution < 1.29 is 9.84 Å². The number of tetrazole rings is 1. The minimum absolute atomic E-state index is 0.0521. The molecule has 37 heavy (non-hydrogen) atoms. The number of anilines is 1. The number of halogens is 1. The molecule has 3 aromatic heterocycles. The molecule has 2 aliphatic rings. The molecule has 1 spiro atoms. The van der Waals surface area contributed by atoms with Gasteiger partial charge in [0, 0.05) is 35.6 Å². The average molecular weight is 522 g/mol. The number of pyridine rings is 1. The molecule has 0 saturated carbocycles. The van der Waals surface area contributed by atoms with E-state index in [1.165, 1.54) is 6.33 Å². The molecule has 2 aliphatic heterocycles. The van der Waals surface area contributed by atoms with Gasteiger partial charge in [0.15, 0.2) is 0 Å². The van der Waals surface area contributed by atoms with E-state index in [0.717, 1.165) is 60.9 Å². The van der Waals surface area contributed by atoms with Gasteiger partial charge in [0.1, 0.15) is 24.0 Å². The van der Waals surface area contributed by atoms with Crippen LogP contribution in [0.2, 0.25) is 5.02 Å². The molecule has 1 atom stereocenters. The van der Waals surface area contributed by atoms with Crippen LogP contribution >= 0.6 is 11.6 Å². The van der Waals surface area contributed by atoms with Crippen LogP contribution in [0, 0.1) is 6.92 Å². The Morgan fingerprint density at radius 3 is 2.86 bits per heavy atom. The second kappa shape index (κ2) is 9.82. The normalized spacial score (nSPS) is 17.3. The highest BCUT2D eigenvalue weighted by Crippen LogP contribution is 2.37. The van der Waals surface area contributed by atoms with Crippen LogP contribution < -0.4 is 10.2 Å². The van der Waals surface area contributed by atoms with Gasteiger partial charge in [0.25, 0.3) is 0 Å². The monoisotopic (exact) mass is 521 g/mol. The molecule has 1 unspecified atom stereocenters. The average Bonchev–Trinajstić information content (AvgIpc) is 3.65. The minimum Gasteiger partial charge on any atom is -0.374 e. The zero-order valence-electron chi connectivity index (χ0n) is 20.5. The van der Waals surface area contributed by atoms with E-state index in [-0.39, 0.29) is 5.60 Å². The standard InChI is InChI=1S/C25H28ClN9O2/c1-17-18(3-6-23(30-17)33-14-25(15-33)7-2-8-37-25)12-34-13-20(11-29-34)24(36)27-10-19-9-21(26)4-5-22(19)35-16-28-31-32-35/h3-6,9,11,13,16,24,27,36H,2,7-8,10,12,14-15H2,1H3. The molecular weight excluding hydrogens is 494 g/mol. The lowest BCUT2D eigenvalue weighted by Gasteiger charge is -2.47. The first kappa shape index (κ1) is 24.0. The van der Waals surface area contributed by atoms with Crippen LogP contribution in [0.3, 0.4) is 0 Å².